The lowest BCUT2D eigenvalue weighted by Crippen LogP contribution is -2.26. The molecule has 0 aromatic carbocycles. The minimum Gasteiger partial charge on any atom is -0.310 e. The van der Waals surface area contributed by atoms with E-state index in [9.17, 15) is 0 Å². The summed E-state index contributed by atoms with van der Waals surface area (Å²) in [5, 5.41) is 3.55. The minimum atomic E-state index is 0.733. The van der Waals surface area contributed by atoms with Gasteiger partial charge in [0.2, 0.25) is 0 Å². The molecule has 1 fully saturated rings. The summed E-state index contributed by atoms with van der Waals surface area (Å²) >= 11 is 0. The molecule has 0 radical (unpaired) electrons. The van der Waals surface area contributed by atoms with Crippen molar-refractivity contribution in [3.63, 3.8) is 0 Å². The summed E-state index contributed by atoms with van der Waals surface area (Å²) in [5.74, 6) is 0.988. The molecule has 0 bridgehead atoms. The van der Waals surface area contributed by atoms with Crippen LogP contribution in [-0.2, 0) is 13.0 Å². The molecule has 0 amide bonds. The van der Waals surface area contributed by atoms with Crippen LogP contribution in [0.2, 0.25) is 0 Å². The molecule has 4 nitrogen and oxygen atoms in total. The Morgan fingerprint density at radius 1 is 1.10 bits per heavy atom. The van der Waals surface area contributed by atoms with Crippen LogP contribution in [0.3, 0.4) is 0 Å². The van der Waals surface area contributed by atoms with Crippen LogP contribution in [0.25, 0.3) is 0 Å². The summed E-state index contributed by atoms with van der Waals surface area (Å²) < 4.78 is 0. The predicted molar refractivity (Wildman–Crippen MR) is 82.9 cm³/mol. The molecule has 0 saturated heterocycles. The second-order valence-electron chi connectivity index (χ2n) is 5.72. The Morgan fingerprint density at radius 2 is 1.70 bits per heavy atom. The van der Waals surface area contributed by atoms with Crippen LogP contribution in [-0.4, -0.2) is 40.5 Å². The summed E-state index contributed by atoms with van der Waals surface area (Å²) in [6.07, 6.45) is 3.58. The van der Waals surface area contributed by atoms with E-state index in [1.807, 2.05) is 0 Å². The number of likely N-dealkylation sites (N-methyl/N-ethyl adjacent to an activating group) is 1. The quantitative estimate of drug-likeness (QED) is 0.790. The van der Waals surface area contributed by atoms with Crippen molar-refractivity contribution in [1.82, 2.24) is 20.2 Å². The number of aryl methyl sites for hydroxylation is 2. The van der Waals surface area contributed by atoms with Gasteiger partial charge in [-0.1, -0.05) is 13.8 Å². The van der Waals surface area contributed by atoms with E-state index in [0.717, 1.165) is 55.9 Å². The largest absolute Gasteiger partial charge is 0.310 e. The molecule has 20 heavy (non-hydrogen) atoms. The first-order valence-corrected chi connectivity index (χ1v) is 7.92. The molecule has 0 atom stereocenters. The molecule has 1 aliphatic rings. The molecule has 0 unspecified atom stereocenters. The minimum absolute atomic E-state index is 0.733. The van der Waals surface area contributed by atoms with Crippen LogP contribution in [0.1, 0.15) is 49.5 Å². The Labute approximate surface area is 123 Å². The fraction of sp³-hybridized carbons (Fsp3) is 0.750. The van der Waals surface area contributed by atoms with E-state index in [4.69, 9.17) is 9.97 Å². The molecule has 1 aliphatic carbocycles. The first kappa shape index (κ1) is 15.4. The standard InChI is InChI=1S/C16H28N4/c1-5-20(6-2)10-9-16-18-12(3)15(13(4)19-16)11-17-14-7-8-14/h14,17H,5-11H2,1-4H3. The number of rotatable bonds is 8. The lowest BCUT2D eigenvalue weighted by molar-refractivity contribution is 0.305. The molecule has 112 valence electrons. The fourth-order valence-corrected chi connectivity index (χ4v) is 2.51. The molecule has 1 aromatic heterocycles. The van der Waals surface area contributed by atoms with Crippen molar-refractivity contribution in [2.45, 2.75) is 59.5 Å². The molecular formula is C16H28N4. The van der Waals surface area contributed by atoms with Crippen LogP contribution >= 0.6 is 0 Å². The summed E-state index contributed by atoms with van der Waals surface area (Å²) in [5.41, 5.74) is 3.56. The van der Waals surface area contributed by atoms with Crippen molar-refractivity contribution < 1.29 is 0 Å². The van der Waals surface area contributed by atoms with Gasteiger partial charge < -0.3 is 10.2 Å². The molecule has 1 aromatic rings. The number of aromatic nitrogens is 2. The Morgan fingerprint density at radius 3 is 2.20 bits per heavy atom. The highest BCUT2D eigenvalue weighted by Gasteiger charge is 2.21. The van der Waals surface area contributed by atoms with E-state index >= 15 is 0 Å². The van der Waals surface area contributed by atoms with Gasteiger partial charge in [0.1, 0.15) is 5.82 Å². The molecule has 0 aliphatic heterocycles. The smallest absolute Gasteiger partial charge is 0.130 e. The lowest BCUT2D eigenvalue weighted by Gasteiger charge is -2.18. The summed E-state index contributed by atoms with van der Waals surface area (Å²) in [6, 6.07) is 0.733. The van der Waals surface area contributed by atoms with Crippen LogP contribution in [0.15, 0.2) is 0 Å². The molecule has 0 spiro atoms. The highest BCUT2D eigenvalue weighted by Crippen LogP contribution is 2.20. The van der Waals surface area contributed by atoms with Crippen molar-refractivity contribution in [2.75, 3.05) is 19.6 Å². The zero-order valence-electron chi connectivity index (χ0n) is 13.4. The second-order valence-corrected chi connectivity index (χ2v) is 5.72. The first-order valence-electron chi connectivity index (χ1n) is 7.92. The van der Waals surface area contributed by atoms with E-state index in [0.29, 0.717) is 0 Å². The Bertz CT molecular complexity index is 413. The number of nitrogens with zero attached hydrogens (tertiary/aromatic N) is 3. The van der Waals surface area contributed by atoms with Crippen LogP contribution in [0.5, 0.6) is 0 Å². The number of nitrogens with one attached hydrogen (secondary N) is 1. The maximum absolute atomic E-state index is 4.70. The van der Waals surface area contributed by atoms with Gasteiger partial charge in [0, 0.05) is 42.5 Å². The summed E-state index contributed by atoms with van der Waals surface area (Å²) in [4.78, 5) is 11.8. The highest BCUT2D eigenvalue weighted by atomic mass is 15.1. The average Bonchev–Trinajstić information content (AvgIpc) is 3.23. The van der Waals surface area contributed by atoms with Crippen LogP contribution in [0.4, 0.5) is 0 Å². The number of hydrogen-bond donors (Lipinski definition) is 1. The van der Waals surface area contributed by atoms with E-state index in [2.05, 4.69) is 37.9 Å². The van der Waals surface area contributed by atoms with Gasteiger partial charge in [0.25, 0.3) is 0 Å². The van der Waals surface area contributed by atoms with Crippen LogP contribution < -0.4 is 5.32 Å². The normalized spacial score (nSPS) is 15.1. The van der Waals surface area contributed by atoms with E-state index < -0.39 is 0 Å². The third kappa shape index (κ3) is 4.25. The second kappa shape index (κ2) is 7.14. The van der Waals surface area contributed by atoms with E-state index in [1.165, 1.54) is 18.4 Å². The fourth-order valence-electron chi connectivity index (χ4n) is 2.51. The maximum Gasteiger partial charge on any atom is 0.130 e. The lowest BCUT2D eigenvalue weighted by atomic mass is 10.1. The first-order chi connectivity index (χ1) is 9.63. The van der Waals surface area contributed by atoms with Crippen molar-refractivity contribution in [1.29, 1.82) is 0 Å². The van der Waals surface area contributed by atoms with Crippen molar-refractivity contribution >= 4 is 0 Å². The number of hydrogen-bond acceptors (Lipinski definition) is 4. The van der Waals surface area contributed by atoms with Gasteiger partial charge in [0.15, 0.2) is 0 Å². The van der Waals surface area contributed by atoms with Gasteiger partial charge in [-0.15, -0.1) is 0 Å². The Kier molecular flexibility index (Phi) is 5.49. The summed E-state index contributed by atoms with van der Waals surface area (Å²) in [7, 11) is 0. The third-order valence-corrected chi connectivity index (χ3v) is 4.16. The topological polar surface area (TPSA) is 41.1 Å². The predicted octanol–water partition coefficient (Wildman–Crippen LogP) is 2.23. The maximum atomic E-state index is 4.70. The van der Waals surface area contributed by atoms with Gasteiger partial charge in [-0.05, 0) is 39.8 Å². The van der Waals surface area contributed by atoms with E-state index in [-0.39, 0.29) is 0 Å². The van der Waals surface area contributed by atoms with Gasteiger partial charge in [0.05, 0.1) is 0 Å². The van der Waals surface area contributed by atoms with E-state index in [1.54, 1.807) is 0 Å². The van der Waals surface area contributed by atoms with Gasteiger partial charge >= 0.3 is 0 Å². The third-order valence-electron chi connectivity index (χ3n) is 4.16. The zero-order chi connectivity index (χ0) is 14.5. The molecule has 2 rings (SSSR count). The van der Waals surface area contributed by atoms with Crippen molar-refractivity contribution in [3.8, 4) is 0 Å². The molecule has 1 N–H and O–H groups in total. The molecular weight excluding hydrogens is 248 g/mol. The van der Waals surface area contributed by atoms with Crippen molar-refractivity contribution in [2.24, 2.45) is 0 Å². The highest BCUT2D eigenvalue weighted by molar-refractivity contribution is 5.24. The van der Waals surface area contributed by atoms with Gasteiger partial charge in [-0.2, -0.15) is 0 Å². The Hall–Kier alpha value is -1.00. The van der Waals surface area contributed by atoms with Gasteiger partial charge in [-0.25, -0.2) is 9.97 Å². The average molecular weight is 276 g/mol. The monoisotopic (exact) mass is 276 g/mol. The van der Waals surface area contributed by atoms with Crippen molar-refractivity contribution in [3.05, 3.63) is 22.8 Å². The summed E-state index contributed by atoms with van der Waals surface area (Å²) in [6.45, 7) is 12.8. The zero-order valence-corrected chi connectivity index (χ0v) is 13.4. The molecule has 4 heteroatoms. The van der Waals surface area contributed by atoms with Crippen LogP contribution in [0, 0.1) is 13.8 Å². The Balaban J connectivity index is 1.96. The van der Waals surface area contributed by atoms with Gasteiger partial charge in [-0.3, -0.25) is 0 Å². The SMILES string of the molecule is CCN(CC)CCc1nc(C)c(CNC2CC2)c(C)n1. The molecule has 1 heterocycles. The molecule has 1 saturated carbocycles.